The Morgan fingerprint density at radius 3 is 2.40 bits per heavy atom. The molecule has 0 aliphatic carbocycles. The standard InChI is InChI=1S/C17H19FN2O4S/c1-12(21)19-16-10-15(8-9-17(16)24-3)25(22,23)20(2)11-13-4-6-14(18)7-5-13/h4-10H,11H2,1-3H3,(H,19,21). The maximum atomic E-state index is 13.0. The summed E-state index contributed by atoms with van der Waals surface area (Å²) in [6, 6.07) is 9.83. The van der Waals surface area contributed by atoms with Gasteiger partial charge in [-0.25, -0.2) is 12.8 Å². The Morgan fingerprint density at radius 1 is 1.20 bits per heavy atom. The van der Waals surface area contributed by atoms with Crippen LogP contribution in [0.25, 0.3) is 0 Å². The molecular weight excluding hydrogens is 347 g/mol. The van der Waals surface area contributed by atoms with Gasteiger partial charge in [-0.15, -0.1) is 0 Å². The number of carbonyl (C=O) groups excluding carboxylic acids is 1. The smallest absolute Gasteiger partial charge is 0.243 e. The molecule has 0 fully saturated rings. The number of halogens is 1. The zero-order valence-electron chi connectivity index (χ0n) is 14.1. The summed E-state index contributed by atoms with van der Waals surface area (Å²) in [6.07, 6.45) is 0. The number of nitrogens with zero attached hydrogens (tertiary/aromatic N) is 1. The highest BCUT2D eigenvalue weighted by atomic mass is 32.2. The molecule has 0 aliphatic heterocycles. The summed E-state index contributed by atoms with van der Waals surface area (Å²) in [4.78, 5) is 11.3. The second-order valence-corrected chi connectivity index (χ2v) is 7.48. The molecule has 0 radical (unpaired) electrons. The minimum atomic E-state index is -3.80. The molecule has 25 heavy (non-hydrogen) atoms. The Hall–Kier alpha value is -2.45. The summed E-state index contributed by atoms with van der Waals surface area (Å²) < 4.78 is 44.7. The van der Waals surface area contributed by atoms with E-state index in [0.717, 1.165) is 4.31 Å². The topological polar surface area (TPSA) is 75.7 Å². The van der Waals surface area contributed by atoms with E-state index in [0.29, 0.717) is 11.3 Å². The fourth-order valence-electron chi connectivity index (χ4n) is 2.25. The number of rotatable bonds is 6. The van der Waals surface area contributed by atoms with Crippen LogP contribution in [0.4, 0.5) is 10.1 Å². The van der Waals surface area contributed by atoms with Crippen LogP contribution < -0.4 is 10.1 Å². The maximum absolute atomic E-state index is 13.0. The summed E-state index contributed by atoms with van der Waals surface area (Å²) in [6.45, 7) is 1.41. The Bertz CT molecular complexity index is 867. The third-order valence-electron chi connectivity index (χ3n) is 3.51. The normalized spacial score (nSPS) is 11.4. The lowest BCUT2D eigenvalue weighted by Crippen LogP contribution is -2.26. The minimum Gasteiger partial charge on any atom is -0.495 e. The van der Waals surface area contributed by atoms with Gasteiger partial charge >= 0.3 is 0 Å². The molecule has 134 valence electrons. The molecule has 6 nitrogen and oxygen atoms in total. The van der Waals surface area contributed by atoms with Crippen LogP contribution in [0.15, 0.2) is 47.4 Å². The summed E-state index contributed by atoms with van der Waals surface area (Å²) in [7, 11) is -0.940. The van der Waals surface area contributed by atoms with E-state index in [2.05, 4.69) is 5.32 Å². The lowest BCUT2D eigenvalue weighted by atomic mass is 10.2. The Balaban J connectivity index is 2.31. The van der Waals surface area contributed by atoms with E-state index in [9.17, 15) is 17.6 Å². The second kappa shape index (κ2) is 7.62. The zero-order valence-corrected chi connectivity index (χ0v) is 14.9. The Morgan fingerprint density at radius 2 is 1.84 bits per heavy atom. The SMILES string of the molecule is COc1ccc(S(=O)(=O)N(C)Cc2ccc(F)cc2)cc1NC(C)=O. The van der Waals surface area contributed by atoms with Crippen LogP contribution in [0.1, 0.15) is 12.5 Å². The fourth-order valence-corrected chi connectivity index (χ4v) is 3.43. The number of hydrogen-bond acceptors (Lipinski definition) is 4. The van der Waals surface area contributed by atoms with Crippen molar-refractivity contribution in [3.05, 3.63) is 53.8 Å². The van der Waals surface area contributed by atoms with Gasteiger partial charge in [0.1, 0.15) is 11.6 Å². The predicted molar refractivity (Wildman–Crippen MR) is 92.4 cm³/mol. The van der Waals surface area contributed by atoms with Crippen molar-refractivity contribution in [2.24, 2.45) is 0 Å². The van der Waals surface area contributed by atoms with Crippen molar-refractivity contribution in [1.82, 2.24) is 4.31 Å². The third-order valence-corrected chi connectivity index (χ3v) is 5.31. The van der Waals surface area contributed by atoms with Crippen LogP contribution in [-0.4, -0.2) is 32.8 Å². The molecule has 0 spiro atoms. The quantitative estimate of drug-likeness (QED) is 0.853. The molecular formula is C17H19FN2O4S. The molecule has 8 heteroatoms. The molecule has 2 aromatic carbocycles. The monoisotopic (exact) mass is 366 g/mol. The highest BCUT2D eigenvalue weighted by molar-refractivity contribution is 7.89. The van der Waals surface area contributed by atoms with Crippen LogP contribution in [0.3, 0.4) is 0 Å². The van der Waals surface area contributed by atoms with E-state index < -0.39 is 10.0 Å². The summed E-state index contributed by atoms with van der Waals surface area (Å²) in [5, 5.41) is 2.54. The van der Waals surface area contributed by atoms with Crippen molar-refractivity contribution in [2.75, 3.05) is 19.5 Å². The van der Waals surface area contributed by atoms with Crippen molar-refractivity contribution in [2.45, 2.75) is 18.4 Å². The van der Waals surface area contributed by atoms with E-state index in [-0.39, 0.29) is 28.9 Å². The van der Waals surface area contributed by atoms with Gasteiger partial charge in [-0.05, 0) is 35.9 Å². The summed E-state index contributed by atoms with van der Waals surface area (Å²) >= 11 is 0. The number of hydrogen-bond donors (Lipinski definition) is 1. The number of ether oxygens (including phenoxy) is 1. The lowest BCUT2D eigenvalue weighted by molar-refractivity contribution is -0.114. The van der Waals surface area contributed by atoms with Gasteiger partial charge in [0.05, 0.1) is 17.7 Å². The number of carbonyl (C=O) groups is 1. The third kappa shape index (κ3) is 4.55. The molecule has 1 amide bonds. The average Bonchev–Trinajstić information content (AvgIpc) is 2.56. The van der Waals surface area contributed by atoms with E-state index >= 15 is 0 Å². The lowest BCUT2D eigenvalue weighted by Gasteiger charge is -2.18. The Kier molecular flexibility index (Phi) is 5.76. The van der Waals surface area contributed by atoms with Gasteiger partial charge in [0.2, 0.25) is 15.9 Å². The molecule has 0 atom stereocenters. The number of sulfonamides is 1. The van der Waals surface area contributed by atoms with Crippen LogP contribution in [0.5, 0.6) is 5.75 Å². The van der Waals surface area contributed by atoms with Gasteiger partial charge < -0.3 is 10.1 Å². The number of amides is 1. The Labute approximate surface area is 146 Å². The van der Waals surface area contributed by atoms with Crippen LogP contribution in [0.2, 0.25) is 0 Å². The number of anilines is 1. The number of nitrogens with one attached hydrogen (secondary N) is 1. The first-order valence-electron chi connectivity index (χ1n) is 7.40. The molecule has 0 unspecified atom stereocenters. The van der Waals surface area contributed by atoms with Crippen molar-refractivity contribution in [3.8, 4) is 5.75 Å². The fraction of sp³-hybridized carbons (Fsp3) is 0.235. The van der Waals surface area contributed by atoms with Crippen molar-refractivity contribution >= 4 is 21.6 Å². The van der Waals surface area contributed by atoms with Crippen molar-refractivity contribution < 1.29 is 22.3 Å². The molecule has 0 saturated carbocycles. The molecule has 1 N–H and O–H groups in total. The molecule has 0 aromatic heterocycles. The van der Waals surface area contributed by atoms with Gasteiger partial charge in [0.25, 0.3) is 0 Å². The second-order valence-electron chi connectivity index (χ2n) is 5.43. The maximum Gasteiger partial charge on any atom is 0.243 e. The van der Waals surface area contributed by atoms with Crippen LogP contribution in [-0.2, 0) is 21.4 Å². The molecule has 0 bridgehead atoms. The first-order valence-corrected chi connectivity index (χ1v) is 8.84. The molecule has 0 saturated heterocycles. The van der Waals surface area contributed by atoms with Crippen LogP contribution in [0, 0.1) is 5.82 Å². The van der Waals surface area contributed by atoms with E-state index in [4.69, 9.17) is 4.74 Å². The number of methoxy groups -OCH3 is 1. The van der Waals surface area contributed by atoms with Gasteiger partial charge in [-0.3, -0.25) is 4.79 Å². The zero-order chi connectivity index (χ0) is 18.6. The van der Waals surface area contributed by atoms with Gasteiger partial charge in [-0.1, -0.05) is 12.1 Å². The van der Waals surface area contributed by atoms with Gasteiger partial charge in [0.15, 0.2) is 0 Å². The first-order chi connectivity index (χ1) is 11.7. The van der Waals surface area contributed by atoms with Crippen molar-refractivity contribution in [3.63, 3.8) is 0 Å². The highest BCUT2D eigenvalue weighted by Gasteiger charge is 2.22. The molecule has 0 heterocycles. The van der Waals surface area contributed by atoms with Gasteiger partial charge in [-0.2, -0.15) is 4.31 Å². The average molecular weight is 366 g/mol. The molecule has 2 rings (SSSR count). The first kappa shape index (κ1) is 18.9. The largest absolute Gasteiger partial charge is 0.495 e. The van der Waals surface area contributed by atoms with Crippen LogP contribution >= 0.6 is 0 Å². The van der Waals surface area contributed by atoms with Crippen molar-refractivity contribution in [1.29, 1.82) is 0 Å². The predicted octanol–water partition coefficient (Wildman–Crippen LogP) is 2.61. The number of benzene rings is 2. The minimum absolute atomic E-state index is 0.0154. The molecule has 0 aliphatic rings. The highest BCUT2D eigenvalue weighted by Crippen LogP contribution is 2.29. The molecule has 2 aromatic rings. The summed E-state index contributed by atoms with van der Waals surface area (Å²) in [5.41, 5.74) is 0.925. The van der Waals surface area contributed by atoms with Gasteiger partial charge in [0, 0.05) is 20.5 Å². The van der Waals surface area contributed by atoms with E-state index in [1.54, 1.807) is 0 Å². The van der Waals surface area contributed by atoms with E-state index in [1.165, 1.54) is 63.5 Å². The van der Waals surface area contributed by atoms with E-state index in [1.807, 2.05) is 0 Å². The summed E-state index contributed by atoms with van der Waals surface area (Å²) in [5.74, 6) is -0.368.